The van der Waals surface area contributed by atoms with Gasteiger partial charge in [0.2, 0.25) is 0 Å². The maximum absolute atomic E-state index is 14.0. The Bertz CT molecular complexity index is 1030. The van der Waals surface area contributed by atoms with Crippen molar-refractivity contribution in [2.75, 3.05) is 5.32 Å². The van der Waals surface area contributed by atoms with Crippen molar-refractivity contribution in [2.24, 2.45) is 0 Å². The predicted molar refractivity (Wildman–Crippen MR) is 97.5 cm³/mol. The summed E-state index contributed by atoms with van der Waals surface area (Å²) < 4.78 is 14.0. The highest BCUT2D eigenvalue weighted by molar-refractivity contribution is 7.14. The molecule has 0 atom stereocenters. The lowest BCUT2D eigenvalue weighted by molar-refractivity contribution is 0.632. The minimum Gasteiger partial charge on any atom is -0.337 e. The fourth-order valence-corrected chi connectivity index (χ4v) is 3.49. The van der Waals surface area contributed by atoms with E-state index in [2.05, 4.69) is 15.3 Å². The first-order valence-corrected chi connectivity index (χ1v) is 8.50. The molecule has 24 heavy (non-hydrogen) atoms. The summed E-state index contributed by atoms with van der Waals surface area (Å²) in [7, 11) is 0. The van der Waals surface area contributed by atoms with Crippen LogP contribution in [0.25, 0.3) is 21.6 Å². The first kappa shape index (κ1) is 15.1. The summed E-state index contributed by atoms with van der Waals surface area (Å²) in [5.41, 5.74) is 1.13. The second-order valence-corrected chi connectivity index (χ2v) is 6.44. The Morgan fingerprint density at radius 1 is 0.958 bits per heavy atom. The standard InChI is InChI=1S/C18H11ClFN3S/c19-12-9-10-24-16(12)18-21-14-7-3-1-5-11(14)17(23-18)22-15-8-4-2-6-13(15)20/h1-10H,(H,21,22,23). The lowest BCUT2D eigenvalue weighted by Crippen LogP contribution is -2.00. The van der Waals surface area contributed by atoms with Crippen LogP contribution in [0.1, 0.15) is 0 Å². The summed E-state index contributed by atoms with van der Waals surface area (Å²) in [4.78, 5) is 9.95. The Labute approximate surface area is 146 Å². The van der Waals surface area contributed by atoms with Crippen LogP contribution in [-0.2, 0) is 0 Å². The van der Waals surface area contributed by atoms with Gasteiger partial charge in [-0.05, 0) is 35.7 Å². The van der Waals surface area contributed by atoms with Crippen LogP contribution >= 0.6 is 22.9 Å². The molecule has 0 saturated carbocycles. The Kier molecular flexibility index (Phi) is 3.88. The fraction of sp³-hybridized carbons (Fsp3) is 0. The van der Waals surface area contributed by atoms with Crippen molar-refractivity contribution in [3.8, 4) is 10.7 Å². The second kappa shape index (κ2) is 6.19. The molecule has 2 aromatic carbocycles. The normalized spacial score (nSPS) is 10.9. The molecule has 0 aliphatic carbocycles. The Morgan fingerprint density at radius 3 is 2.54 bits per heavy atom. The van der Waals surface area contributed by atoms with Gasteiger partial charge in [0, 0.05) is 5.39 Å². The highest BCUT2D eigenvalue weighted by Gasteiger charge is 2.14. The molecule has 0 fully saturated rings. The van der Waals surface area contributed by atoms with Gasteiger partial charge >= 0.3 is 0 Å². The van der Waals surface area contributed by atoms with Crippen LogP contribution in [0.3, 0.4) is 0 Å². The van der Waals surface area contributed by atoms with Gasteiger partial charge in [-0.2, -0.15) is 0 Å². The van der Waals surface area contributed by atoms with E-state index < -0.39 is 0 Å². The highest BCUT2D eigenvalue weighted by Crippen LogP contribution is 2.34. The lowest BCUT2D eigenvalue weighted by atomic mass is 10.2. The number of benzene rings is 2. The summed E-state index contributed by atoms with van der Waals surface area (Å²) in [6.45, 7) is 0. The molecular weight excluding hydrogens is 345 g/mol. The van der Waals surface area contributed by atoms with Gasteiger partial charge in [-0.1, -0.05) is 35.9 Å². The van der Waals surface area contributed by atoms with E-state index >= 15 is 0 Å². The van der Waals surface area contributed by atoms with Crippen LogP contribution in [0.2, 0.25) is 5.02 Å². The van der Waals surface area contributed by atoms with Crippen LogP contribution in [0, 0.1) is 5.82 Å². The molecule has 0 spiro atoms. The van der Waals surface area contributed by atoms with Crippen molar-refractivity contribution >= 4 is 45.3 Å². The zero-order valence-electron chi connectivity index (χ0n) is 12.3. The zero-order chi connectivity index (χ0) is 16.5. The van der Waals surface area contributed by atoms with Crippen LogP contribution in [-0.4, -0.2) is 9.97 Å². The van der Waals surface area contributed by atoms with Crippen molar-refractivity contribution < 1.29 is 4.39 Å². The molecule has 0 unspecified atom stereocenters. The molecule has 6 heteroatoms. The van der Waals surface area contributed by atoms with Crippen LogP contribution < -0.4 is 5.32 Å². The summed E-state index contributed by atoms with van der Waals surface area (Å²) in [6.07, 6.45) is 0. The number of hydrogen-bond donors (Lipinski definition) is 1. The number of aromatic nitrogens is 2. The molecule has 4 aromatic rings. The van der Waals surface area contributed by atoms with E-state index in [4.69, 9.17) is 11.6 Å². The Hall–Kier alpha value is -2.50. The number of para-hydroxylation sites is 2. The lowest BCUT2D eigenvalue weighted by Gasteiger charge is -2.11. The quantitative estimate of drug-likeness (QED) is 0.497. The molecule has 118 valence electrons. The molecule has 2 heterocycles. The van der Waals surface area contributed by atoms with Crippen LogP contribution in [0.4, 0.5) is 15.9 Å². The van der Waals surface area contributed by atoms with E-state index in [0.29, 0.717) is 22.4 Å². The number of fused-ring (bicyclic) bond motifs is 1. The average Bonchev–Trinajstić information content (AvgIpc) is 3.03. The Morgan fingerprint density at radius 2 is 1.75 bits per heavy atom. The number of halogens is 2. The Balaban J connectivity index is 1.90. The van der Waals surface area contributed by atoms with E-state index in [-0.39, 0.29) is 5.82 Å². The molecule has 3 nitrogen and oxygen atoms in total. The van der Waals surface area contributed by atoms with E-state index in [1.165, 1.54) is 17.4 Å². The van der Waals surface area contributed by atoms with E-state index in [9.17, 15) is 4.39 Å². The van der Waals surface area contributed by atoms with Crippen molar-refractivity contribution in [3.63, 3.8) is 0 Å². The van der Waals surface area contributed by atoms with Gasteiger partial charge in [0.05, 0.1) is 21.1 Å². The number of nitrogens with zero attached hydrogens (tertiary/aromatic N) is 2. The summed E-state index contributed by atoms with van der Waals surface area (Å²) in [6, 6.07) is 15.9. The van der Waals surface area contributed by atoms with Gasteiger partial charge < -0.3 is 5.32 Å². The maximum atomic E-state index is 14.0. The minimum atomic E-state index is -0.337. The topological polar surface area (TPSA) is 37.8 Å². The number of anilines is 2. The predicted octanol–water partition coefficient (Wildman–Crippen LogP) is 5.89. The summed E-state index contributed by atoms with van der Waals surface area (Å²) in [5.74, 6) is 0.730. The minimum absolute atomic E-state index is 0.337. The van der Waals surface area contributed by atoms with Gasteiger partial charge in [-0.3, -0.25) is 0 Å². The van der Waals surface area contributed by atoms with Crippen molar-refractivity contribution in [1.29, 1.82) is 0 Å². The molecule has 1 N–H and O–H groups in total. The maximum Gasteiger partial charge on any atom is 0.173 e. The average molecular weight is 356 g/mol. The van der Waals surface area contributed by atoms with Crippen LogP contribution in [0.5, 0.6) is 0 Å². The number of thiophene rings is 1. The molecule has 0 bridgehead atoms. The van der Waals surface area contributed by atoms with Crippen LogP contribution in [0.15, 0.2) is 60.0 Å². The first-order chi connectivity index (χ1) is 11.7. The monoisotopic (exact) mass is 355 g/mol. The van der Waals surface area contributed by atoms with E-state index in [1.807, 2.05) is 35.7 Å². The molecule has 0 amide bonds. The van der Waals surface area contributed by atoms with Gasteiger partial charge in [0.1, 0.15) is 11.6 Å². The van der Waals surface area contributed by atoms with Crippen molar-refractivity contribution in [1.82, 2.24) is 9.97 Å². The molecule has 0 saturated heterocycles. The number of hydrogen-bond acceptors (Lipinski definition) is 4. The second-order valence-electron chi connectivity index (χ2n) is 5.12. The molecule has 0 aliphatic rings. The summed E-state index contributed by atoms with van der Waals surface area (Å²) >= 11 is 7.68. The summed E-state index contributed by atoms with van der Waals surface area (Å²) in [5, 5.41) is 6.38. The molecule has 4 rings (SSSR count). The van der Waals surface area contributed by atoms with E-state index in [1.54, 1.807) is 18.2 Å². The van der Waals surface area contributed by atoms with E-state index in [0.717, 1.165) is 15.8 Å². The SMILES string of the molecule is Fc1ccccc1Nc1nc(-c2sccc2Cl)nc2ccccc12. The van der Waals surface area contributed by atoms with Gasteiger partial charge in [-0.15, -0.1) is 11.3 Å². The molecule has 2 aromatic heterocycles. The number of rotatable bonds is 3. The first-order valence-electron chi connectivity index (χ1n) is 7.24. The largest absolute Gasteiger partial charge is 0.337 e. The third-order valence-electron chi connectivity index (χ3n) is 3.55. The third kappa shape index (κ3) is 2.72. The molecule has 0 radical (unpaired) electrons. The highest BCUT2D eigenvalue weighted by atomic mass is 35.5. The smallest absolute Gasteiger partial charge is 0.173 e. The third-order valence-corrected chi connectivity index (χ3v) is 4.89. The van der Waals surface area contributed by atoms with Crippen molar-refractivity contribution in [3.05, 3.63) is 70.8 Å². The molecular formula is C18H11ClFN3S. The molecule has 0 aliphatic heterocycles. The van der Waals surface area contributed by atoms with Crippen molar-refractivity contribution in [2.45, 2.75) is 0 Å². The van der Waals surface area contributed by atoms with Gasteiger partial charge in [-0.25, -0.2) is 14.4 Å². The fourth-order valence-electron chi connectivity index (χ4n) is 2.42. The number of nitrogens with one attached hydrogen (secondary N) is 1. The van der Waals surface area contributed by atoms with Gasteiger partial charge in [0.25, 0.3) is 0 Å². The zero-order valence-corrected chi connectivity index (χ0v) is 13.9. The van der Waals surface area contributed by atoms with Gasteiger partial charge in [0.15, 0.2) is 5.82 Å².